The van der Waals surface area contributed by atoms with Crippen molar-refractivity contribution in [1.29, 1.82) is 5.26 Å². The number of hydrogen-bond acceptors (Lipinski definition) is 4. The molecule has 2 aliphatic heterocycles. The number of benzene rings is 2. The van der Waals surface area contributed by atoms with E-state index in [0.29, 0.717) is 40.2 Å². The molecule has 2 aliphatic rings. The third-order valence-electron chi connectivity index (χ3n) is 5.23. The number of nitrogens with one attached hydrogen (secondary N) is 2. The van der Waals surface area contributed by atoms with Gasteiger partial charge in [-0.3, -0.25) is 15.1 Å². The van der Waals surface area contributed by atoms with E-state index in [2.05, 4.69) is 23.4 Å². The molecule has 0 saturated carbocycles. The van der Waals surface area contributed by atoms with E-state index >= 15 is 0 Å². The van der Waals surface area contributed by atoms with E-state index in [1.807, 2.05) is 0 Å². The maximum absolute atomic E-state index is 13.2. The number of urea groups is 1. The van der Waals surface area contributed by atoms with Crippen LogP contribution >= 0.6 is 0 Å². The molecule has 2 aromatic rings. The number of amides is 3. The Balaban J connectivity index is 1.85. The molecule has 2 aromatic carbocycles. The van der Waals surface area contributed by atoms with Gasteiger partial charge in [0.1, 0.15) is 6.67 Å². The Labute approximate surface area is 179 Å². The second-order valence-corrected chi connectivity index (χ2v) is 7.23. The fourth-order valence-electron chi connectivity index (χ4n) is 3.83. The van der Waals surface area contributed by atoms with Crippen LogP contribution in [0.1, 0.15) is 22.7 Å². The molecule has 8 heteroatoms. The Morgan fingerprint density at radius 3 is 2.68 bits per heavy atom. The Hall–Kier alpha value is -3.96. The first-order chi connectivity index (χ1) is 15.0. The van der Waals surface area contributed by atoms with E-state index in [0.717, 1.165) is 0 Å². The minimum absolute atomic E-state index is 0.271. The smallest absolute Gasteiger partial charge is 0.326 e. The first kappa shape index (κ1) is 20.3. The van der Waals surface area contributed by atoms with Gasteiger partial charge in [0.05, 0.1) is 41.2 Å². The highest BCUT2D eigenvalue weighted by molar-refractivity contribution is 6.05. The Morgan fingerprint density at radius 2 is 2.00 bits per heavy atom. The monoisotopic (exact) mass is 417 g/mol. The molecule has 3 amide bonds. The minimum Gasteiger partial charge on any atom is -0.326 e. The van der Waals surface area contributed by atoms with Gasteiger partial charge in [0.2, 0.25) is 0 Å². The van der Waals surface area contributed by atoms with Crippen LogP contribution in [0.25, 0.3) is 0 Å². The summed E-state index contributed by atoms with van der Waals surface area (Å²) in [6, 6.07) is 14.3. The lowest BCUT2D eigenvalue weighted by molar-refractivity contribution is -0.123. The average Bonchev–Trinajstić information content (AvgIpc) is 2.78. The van der Waals surface area contributed by atoms with Gasteiger partial charge in [-0.15, -0.1) is 6.58 Å². The van der Waals surface area contributed by atoms with Crippen LogP contribution in [0, 0.1) is 11.3 Å². The molecule has 4 rings (SSSR count). The molecule has 0 aliphatic carbocycles. The fourth-order valence-corrected chi connectivity index (χ4v) is 3.83. The van der Waals surface area contributed by atoms with Crippen molar-refractivity contribution in [2.75, 3.05) is 18.0 Å². The summed E-state index contributed by atoms with van der Waals surface area (Å²) in [5, 5.41) is 13.6. The highest BCUT2D eigenvalue weighted by atomic mass is 19.1. The number of halogens is 1. The molecule has 0 aromatic heterocycles. The number of hydrazine groups is 1. The Morgan fingerprint density at radius 1 is 1.23 bits per heavy atom. The summed E-state index contributed by atoms with van der Waals surface area (Å²) >= 11 is 0. The van der Waals surface area contributed by atoms with Crippen molar-refractivity contribution in [1.82, 2.24) is 15.8 Å². The molecule has 7 nitrogen and oxygen atoms in total. The summed E-state index contributed by atoms with van der Waals surface area (Å²) in [6.07, 6.45) is 1.65. The Kier molecular flexibility index (Phi) is 5.52. The van der Waals surface area contributed by atoms with E-state index in [9.17, 15) is 14.0 Å². The summed E-state index contributed by atoms with van der Waals surface area (Å²) in [5.74, 6) is -0.343. The van der Waals surface area contributed by atoms with Crippen molar-refractivity contribution < 1.29 is 14.0 Å². The third kappa shape index (κ3) is 3.79. The van der Waals surface area contributed by atoms with E-state index < -0.39 is 18.7 Å². The molecule has 0 spiro atoms. The minimum atomic E-state index is -0.679. The van der Waals surface area contributed by atoms with Gasteiger partial charge >= 0.3 is 6.03 Å². The second-order valence-electron chi connectivity index (χ2n) is 7.23. The molecule has 2 N–H and O–H groups in total. The lowest BCUT2D eigenvalue weighted by Gasteiger charge is -2.42. The molecule has 0 fully saturated rings. The molecule has 0 bridgehead atoms. The quantitative estimate of drug-likeness (QED) is 0.732. The topological polar surface area (TPSA) is 88.5 Å². The van der Waals surface area contributed by atoms with E-state index in [-0.39, 0.29) is 12.5 Å². The number of rotatable bonds is 5. The number of hydrogen-bond donors (Lipinski definition) is 2. The molecular formula is C23H20FN5O2. The van der Waals surface area contributed by atoms with Crippen molar-refractivity contribution in [2.24, 2.45) is 0 Å². The summed E-state index contributed by atoms with van der Waals surface area (Å²) in [6.45, 7) is 3.71. The lowest BCUT2D eigenvalue weighted by atomic mass is 9.92. The summed E-state index contributed by atoms with van der Waals surface area (Å²) in [4.78, 5) is 27.7. The molecule has 0 saturated heterocycles. The van der Waals surface area contributed by atoms with Gasteiger partial charge in [0.25, 0.3) is 5.91 Å². The number of alkyl halides is 1. The number of anilines is 1. The molecule has 2 heterocycles. The van der Waals surface area contributed by atoms with Crippen LogP contribution in [0.15, 0.2) is 72.5 Å². The van der Waals surface area contributed by atoms with Crippen molar-refractivity contribution in [3.8, 4) is 6.07 Å². The van der Waals surface area contributed by atoms with E-state index in [4.69, 9.17) is 5.26 Å². The molecule has 0 radical (unpaired) electrons. The van der Waals surface area contributed by atoms with Crippen LogP contribution in [-0.2, 0) is 11.5 Å². The zero-order chi connectivity index (χ0) is 22.0. The van der Waals surface area contributed by atoms with Gasteiger partial charge in [-0.2, -0.15) is 5.26 Å². The summed E-state index contributed by atoms with van der Waals surface area (Å²) in [5.41, 5.74) is 5.81. The fraction of sp³-hybridized carbons (Fsp3) is 0.174. The van der Waals surface area contributed by atoms with Crippen molar-refractivity contribution in [3.63, 3.8) is 0 Å². The first-order valence-electron chi connectivity index (χ1n) is 9.71. The maximum Gasteiger partial charge on any atom is 0.327 e. The molecule has 0 unspecified atom stereocenters. The molecule has 156 valence electrons. The van der Waals surface area contributed by atoms with Crippen LogP contribution in [0.3, 0.4) is 0 Å². The number of nitriles is 1. The summed E-state index contributed by atoms with van der Waals surface area (Å²) < 4.78 is 13.2. The highest BCUT2D eigenvalue weighted by Crippen LogP contribution is 2.36. The largest absolute Gasteiger partial charge is 0.327 e. The zero-order valence-corrected chi connectivity index (χ0v) is 16.6. The van der Waals surface area contributed by atoms with Gasteiger partial charge in [0.15, 0.2) is 0 Å². The summed E-state index contributed by atoms with van der Waals surface area (Å²) in [7, 11) is 0. The third-order valence-corrected chi connectivity index (χ3v) is 5.23. The van der Waals surface area contributed by atoms with Gasteiger partial charge < -0.3 is 5.32 Å². The number of carbonyl (C=O) groups is 2. The van der Waals surface area contributed by atoms with Crippen LogP contribution in [0.4, 0.5) is 14.9 Å². The average molecular weight is 417 g/mol. The van der Waals surface area contributed by atoms with E-state index in [1.54, 1.807) is 59.6 Å². The van der Waals surface area contributed by atoms with Crippen LogP contribution in [0.5, 0.6) is 0 Å². The molecular weight excluding hydrogens is 397 g/mol. The Bertz CT molecular complexity index is 1120. The van der Waals surface area contributed by atoms with Crippen molar-refractivity contribution in [2.45, 2.75) is 12.7 Å². The maximum atomic E-state index is 13.2. The first-order valence-corrected chi connectivity index (χ1v) is 9.71. The van der Waals surface area contributed by atoms with Gasteiger partial charge in [-0.25, -0.2) is 14.2 Å². The standard InChI is InChI=1S/C23H20FN5O2/c1-2-10-28-14-19-20(22(30)27-28)21(17-8-6-15(13-25)7-9-17)26-23(31)29(19)18-5-3-4-16(11-18)12-24/h2-9,11,21H,1,10,12,14H2,(H,26,31)(H,27,30)/t21-/m1/s1. The SMILES string of the molecule is C=CCN1CC2=C(C(=O)N1)[C@@H](c1ccc(C#N)cc1)NC(=O)N2c1cccc(CF)c1. The van der Waals surface area contributed by atoms with Gasteiger partial charge in [-0.05, 0) is 35.4 Å². The highest BCUT2D eigenvalue weighted by Gasteiger charge is 2.41. The van der Waals surface area contributed by atoms with Crippen LogP contribution in [0.2, 0.25) is 0 Å². The van der Waals surface area contributed by atoms with Crippen LogP contribution < -0.4 is 15.6 Å². The molecule has 31 heavy (non-hydrogen) atoms. The van der Waals surface area contributed by atoms with Gasteiger partial charge in [0, 0.05) is 6.54 Å². The number of carbonyl (C=O) groups excluding carboxylic acids is 2. The van der Waals surface area contributed by atoms with Crippen molar-refractivity contribution >= 4 is 17.6 Å². The molecule has 1 atom stereocenters. The second kappa shape index (κ2) is 8.42. The van der Waals surface area contributed by atoms with Crippen molar-refractivity contribution in [3.05, 3.63) is 89.1 Å². The lowest BCUT2D eigenvalue weighted by Crippen LogP contribution is -2.58. The zero-order valence-electron chi connectivity index (χ0n) is 16.6. The van der Waals surface area contributed by atoms with Gasteiger partial charge in [-0.1, -0.05) is 30.3 Å². The predicted octanol–water partition coefficient (Wildman–Crippen LogP) is 3.09. The normalized spacial score (nSPS) is 18.7. The predicted molar refractivity (Wildman–Crippen MR) is 113 cm³/mol. The van der Waals surface area contributed by atoms with Crippen LogP contribution in [-0.4, -0.2) is 30.0 Å². The van der Waals surface area contributed by atoms with E-state index in [1.165, 1.54) is 4.90 Å². The number of nitrogens with zero attached hydrogens (tertiary/aromatic N) is 3.